The number of benzene rings is 2. The minimum Gasteiger partial charge on any atom is -0.506 e. The topological polar surface area (TPSA) is 111 Å². The Morgan fingerprint density at radius 1 is 0.900 bits per heavy atom. The van der Waals surface area contributed by atoms with Gasteiger partial charge < -0.3 is 44.5 Å². The third-order valence-corrected chi connectivity index (χ3v) is 6.90. The largest absolute Gasteiger partial charge is 0.506 e. The zero-order valence-electron chi connectivity index (χ0n) is 24.4. The summed E-state index contributed by atoms with van der Waals surface area (Å²) in [5.74, 6) is 0.544. The van der Waals surface area contributed by atoms with Crippen molar-refractivity contribution in [2.45, 2.75) is 57.7 Å². The van der Waals surface area contributed by atoms with Crippen molar-refractivity contribution in [1.82, 2.24) is 5.32 Å². The smallest absolute Gasteiger partial charge is 0.138 e. The van der Waals surface area contributed by atoms with E-state index in [2.05, 4.69) is 41.8 Å². The summed E-state index contributed by atoms with van der Waals surface area (Å²) >= 11 is 0. The summed E-state index contributed by atoms with van der Waals surface area (Å²) in [6.07, 6.45) is 0.00578. The molecule has 1 saturated heterocycles. The first-order valence-corrected chi connectivity index (χ1v) is 14.2. The molecular weight excluding hydrogens is 512 g/mol. The van der Waals surface area contributed by atoms with E-state index in [4.69, 9.17) is 23.7 Å². The Bertz CT molecular complexity index is 973. The van der Waals surface area contributed by atoms with Crippen LogP contribution in [0.1, 0.15) is 42.9 Å². The van der Waals surface area contributed by atoms with Gasteiger partial charge in [0.05, 0.1) is 57.0 Å². The van der Waals surface area contributed by atoms with Crippen LogP contribution in [0.15, 0.2) is 42.5 Å². The highest BCUT2D eigenvalue weighted by molar-refractivity contribution is 5.57. The molecule has 1 aliphatic heterocycles. The number of anilines is 1. The van der Waals surface area contributed by atoms with E-state index in [1.165, 1.54) is 0 Å². The van der Waals surface area contributed by atoms with Gasteiger partial charge in [-0.25, -0.2) is 0 Å². The van der Waals surface area contributed by atoms with Crippen LogP contribution in [0.3, 0.4) is 0 Å². The van der Waals surface area contributed by atoms with Crippen LogP contribution in [0.5, 0.6) is 5.75 Å². The number of methoxy groups -OCH3 is 2. The first-order chi connectivity index (χ1) is 19.4. The van der Waals surface area contributed by atoms with Crippen LogP contribution in [0.4, 0.5) is 5.69 Å². The summed E-state index contributed by atoms with van der Waals surface area (Å²) in [6.45, 7) is 9.09. The second kappa shape index (κ2) is 17.5. The molecule has 1 aliphatic rings. The Balaban J connectivity index is 1.68. The van der Waals surface area contributed by atoms with Crippen LogP contribution < -0.4 is 10.6 Å². The number of aliphatic hydroxyl groups is 1. The average Bonchev–Trinajstić information content (AvgIpc) is 2.95. The third-order valence-electron chi connectivity index (χ3n) is 6.90. The molecule has 1 heterocycles. The van der Waals surface area contributed by atoms with Gasteiger partial charge in [0.1, 0.15) is 5.75 Å². The molecule has 3 rings (SSSR count). The van der Waals surface area contributed by atoms with Gasteiger partial charge in [0.25, 0.3) is 0 Å². The molecule has 40 heavy (non-hydrogen) atoms. The van der Waals surface area contributed by atoms with Crippen LogP contribution in [0.25, 0.3) is 0 Å². The Morgan fingerprint density at radius 3 is 2.33 bits per heavy atom. The lowest BCUT2D eigenvalue weighted by atomic mass is 9.85. The molecule has 224 valence electrons. The fourth-order valence-corrected chi connectivity index (χ4v) is 4.88. The Kier molecular flexibility index (Phi) is 14.2. The normalized spacial score (nSPS) is 20.8. The van der Waals surface area contributed by atoms with Crippen LogP contribution in [-0.4, -0.2) is 88.8 Å². The zero-order chi connectivity index (χ0) is 28.7. The van der Waals surface area contributed by atoms with E-state index in [1.54, 1.807) is 27.2 Å². The van der Waals surface area contributed by atoms with E-state index in [1.807, 2.05) is 12.1 Å². The number of aromatic hydroxyl groups is 1. The first-order valence-electron chi connectivity index (χ1n) is 14.2. The van der Waals surface area contributed by atoms with Gasteiger partial charge in [-0.05, 0) is 42.2 Å². The van der Waals surface area contributed by atoms with Crippen molar-refractivity contribution in [3.8, 4) is 5.75 Å². The summed E-state index contributed by atoms with van der Waals surface area (Å²) in [5, 5.41) is 26.8. The second-order valence-corrected chi connectivity index (χ2v) is 10.7. The molecule has 5 atom stereocenters. The Morgan fingerprint density at radius 2 is 1.62 bits per heavy atom. The van der Waals surface area contributed by atoms with Crippen molar-refractivity contribution in [1.29, 1.82) is 0 Å². The van der Waals surface area contributed by atoms with Gasteiger partial charge in [-0.1, -0.05) is 37.3 Å². The Hall–Kier alpha value is -2.24. The summed E-state index contributed by atoms with van der Waals surface area (Å²) in [6, 6.07) is 14.0. The molecule has 9 heteroatoms. The highest BCUT2D eigenvalue weighted by Crippen LogP contribution is 2.32. The molecule has 0 bridgehead atoms. The van der Waals surface area contributed by atoms with Gasteiger partial charge >= 0.3 is 0 Å². The highest BCUT2D eigenvalue weighted by atomic mass is 16.5. The molecule has 0 saturated carbocycles. The number of nitrogens with one attached hydrogen (secondary N) is 2. The highest BCUT2D eigenvalue weighted by Gasteiger charge is 2.36. The molecule has 0 aromatic heterocycles. The number of aliphatic hydroxyl groups excluding tert-OH is 1. The van der Waals surface area contributed by atoms with E-state index >= 15 is 0 Å². The lowest BCUT2D eigenvalue weighted by Gasteiger charge is -2.39. The molecule has 2 aromatic carbocycles. The first kappa shape index (κ1) is 32.3. The van der Waals surface area contributed by atoms with E-state index in [-0.39, 0.29) is 30.5 Å². The van der Waals surface area contributed by atoms with Gasteiger partial charge in [-0.2, -0.15) is 0 Å². The van der Waals surface area contributed by atoms with Crippen molar-refractivity contribution in [3.63, 3.8) is 0 Å². The minimum atomic E-state index is -0.547. The maximum absolute atomic E-state index is 10.3. The van der Waals surface area contributed by atoms with Crippen LogP contribution >= 0.6 is 0 Å². The molecule has 2 aromatic rings. The number of rotatable bonds is 18. The maximum Gasteiger partial charge on any atom is 0.138 e. The molecule has 9 nitrogen and oxygen atoms in total. The van der Waals surface area contributed by atoms with Crippen LogP contribution in [0, 0.1) is 5.92 Å². The van der Waals surface area contributed by atoms with Gasteiger partial charge in [-0.15, -0.1) is 0 Å². The molecule has 0 radical (unpaired) electrons. The zero-order valence-corrected chi connectivity index (χ0v) is 24.4. The third kappa shape index (κ3) is 10.6. The fraction of sp³-hybridized carbons (Fsp3) is 0.613. The molecule has 0 amide bonds. The molecule has 0 aliphatic carbocycles. The van der Waals surface area contributed by atoms with Crippen molar-refractivity contribution in [2.75, 3.05) is 65.6 Å². The predicted octanol–water partition coefficient (Wildman–Crippen LogP) is 3.68. The lowest BCUT2D eigenvalue weighted by Crippen LogP contribution is -2.51. The summed E-state index contributed by atoms with van der Waals surface area (Å²) in [5.41, 5.74) is 3.89. The quantitative estimate of drug-likeness (QED) is 0.160. The van der Waals surface area contributed by atoms with Gasteiger partial charge in [-0.3, -0.25) is 0 Å². The molecule has 1 fully saturated rings. The summed E-state index contributed by atoms with van der Waals surface area (Å²) in [7, 11) is 3.38. The predicted molar refractivity (Wildman–Crippen MR) is 156 cm³/mol. The standard InChI is InChI=1S/C31H48N2O7/c1-22(17-37-4)18-38-20-24-6-9-26(10-7-24)31-29(39-19-23(2)34)15-32-16-30(31)40-21-25-8-11-28(35)27(14-25)33-12-5-13-36-3/h6-11,14,22-23,29-35H,5,12-13,15-21H2,1-4H3/t22-,23?,29+,30-,31?/m0/s1. The van der Waals surface area contributed by atoms with E-state index in [9.17, 15) is 10.2 Å². The number of phenols is 1. The average molecular weight is 561 g/mol. The second-order valence-electron chi connectivity index (χ2n) is 10.7. The van der Waals surface area contributed by atoms with E-state index < -0.39 is 6.10 Å². The number of ether oxygens (including phenoxy) is 5. The minimum absolute atomic E-state index is 0.0135. The maximum atomic E-state index is 10.3. The van der Waals surface area contributed by atoms with Crippen molar-refractivity contribution in [2.24, 2.45) is 5.92 Å². The van der Waals surface area contributed by atoms with E-state index in [0.29, 0.717) is 64.3 Å². The van der Waals surface area contributed by atoms with Gasteiger partial charge in [0.15, 0.2) is 0 Å². The summed E-state index contributed by atoms with van der Waals surface area (Å²) < 4.78 is 28.8. The molecule has 2 unspecified atom stereocenters. The monoisotopic (exact) mass is 560 g/mol. The van der Waals surface area contributed by atoms with Crippen LogP contribution in [0.2, 0.25) is 0 Å². The fourth-order valence-electron chi connectivity index (χ4n) is 4.88. The number of hydrogen-bond donors (Lipinski definition) is 4. The van der Waals surface area contributed by atoms with Crippen LogP contribution in [-0.2, 0) is 36.9 Å². The SMILES string of the molecule is COCCCNc1cc(CO[C@H]2CNC[C@@H](OCC(C)O)C2c2ccc(COC[C@@H](C)COC)cc2)ccc1O. The van der Waals surface area contributed by atoms with Gasteiger partial charge in [0, 0.05) is 52.3 Å². The molecular formula is C31H48N2O7. The van der Waals surface area contributed by atoms with E-state index in [0.717, 1.165) is 23.1 Å². The van der Waals surface area contributed by atoms with Crippen molar-refractivity contribution >= 4 is 5.69 Å². The summed E-state index contributed by atoms with van der Waals surface area (Å²) in [4.78, 5) is 0. The Labute approximate surface area is 239 Å². The molecule has 4 N–H and O–H groups in total. The number of piperidine rings is 1. The molecule has 0 spiro atoms. The van der Waals surface area contributed by atoms with Crippen molar-refractivity contribution < 1.29 is 33.9 Å². The number of hydrogen-bond acceptors (Lipinski definition) is 9. The van der Waals surface area contributed by atoms with Crippen molar-refractivity contribution in [3.05, 3.63) is 59.2 Å². The number of phenolic OH excluding ortho intramolecular Hbond substituents is 1. The van der Waals surface area contributed by atoms with Gasteiger partial charge in [0.2, 0.25) is 0 Å². The lowest BCUT2D eigenvalue weighted by molar-refractivity contribution is -0.0752.